The molecule has 0 unspecified atom stereocenters. The summed E-state index contributed by atoms with van der Waals surface area (Å²) in [5.74, 6) is -14.8. The summed E-state index contributed by atoms with van der Waals surface area (Å²) in [4.78, 5) is 66.7. The van der Waals surface area contributed by atoms with Crippen LogP contribution in [0.1, 0.15) is 62.1 Å². The minimum absolute atomic E-state index is 1.81. The van der Waals surface area contributed by atoms with Crippen LogP contribution in [0.15, 0.2) is 0 Å². The molecule has 3 N–H and O–H groups in total. The van der Waals surface area contributed by atoms with Gasteiger partial charge in [-0.15, -0.1) is 0 Å². The first-order chi connectivity index (χ1) is 10.9. The summed E-state index contributed by atoms with van der Waals surface area (Å²) >= 11 is 0. The van der Waals surface area contributed by atoms with Gasteiger partial charge >= 0.3 is 17.9 Å². The second-order valence-electron chi connectivity index (χ2n) is 4.03. The molecule has 0 saturated carbocycles. The van der Waals surface area contributed by atoms with Crippen LogP contribution in [0.25, 0.3) is 0 Å². The van der Waals surface area contributed by atoms with E-state index in [-0.39, 0.29) is 0 Å². The molecule has 0 fully saturated rings. The molecule has 0 atom stereocenters. The maximum absolute atomic E-state index is 11.2. The third kappa shape index (κ3) is 2.70. The zero-order valence-corrected chi connectivity index (χ0v) is 11.0. The van der Waals surface area contributed by atoms with Gasteiger partial charge in [0, 0.05) is 16.7 Å². The molecule has 0 aliphatic rings. The molecule has 0 aliphatic carbocycles. The van der Waals surface area contributed by atoms with Crippen LogP contribution in [0.2, 0.25) is 0 Å². The predicted molar refractivity (Wildman–Crippen MR) is 60.3 cm³/mol. The van der Waals surface area contributed by atoms with E-state index in [0.29, 0.717) is 0 Å². The molecule has 0 spiro atoms. The zero-order chi connectivity index (χ0) is 18.9. The van der Waals surface area contributed by atoms with E-state index in [1.54, 1.807) is 0 Å². The molecule has 0 amide bonds. The van der Waals surface area contributed by atoms with E-state index in [9.17, 15) is 44.1 Å². The van der Waals surface area contributed by atoms with Crippen molar-refractivity contribution in [2.75, 3.05) is 0 Å². The van der Waals surface area contributed by atoms with Crippen LogP contribution in [0.5, 0.6) is 0 Å². The third-order valence-corrected chi connectivity index (χ3v) is 2.75. The van der Waals surface area contributed by atoms with E-state index in [0.717, 1.165) is 0 Å². The van der Waals surface area contributed by atoms with Crippen molar-refractivity contribution in [1.29, 1.82) is 0 Å². The van der Waals surface area contributed by atoms with E-state index in [4.69, 9.17) is 15.3 Å². The molecule has 24 heavy (non-hydrogen) atoms. The van der Waals surface area contributed by atoms with Gasteiger partial charge in [0.25, 0.3) is 0 Å². The number of hydrogen-bond acceptors (Lipinski definition) is 9. The molecule has 0 heterocycles. The smallest absolute Gasteiger partial charge is 0.337 e. The summed E-state index contributed by atoms with van der Waals surface area (Å²) in [6.07, 6.45) is 0. The lowest BCUT2D eigenvalue weighted by molar-refractivity contribution is -0.255. The minimum atomic E-state index is -2.56. The Kier molecular flexibility index (Phi) is 4.55. The first-order valence-electron chi connectivity index (χ1n) is 5.51. The summed E-state index contributed by atoms with van der Waals surface area (Å²) < 4.78 is 0. The number of carboxylic acid groups (broad SMARTS) is 6. The largest absolute Gasteiger partial charge is 0.545 e. The topological polar surface area (TPSA) is 232 Å². The Morgan fingerprint density at radius 3 is 0.708 bits per heavy atom. The number of carboxylic acids is 6. The van der Waals surface area contributed by atoms with Gasteiger partial charge < -0.3 is 45.0 Å². The fraction of sp³-hybridized carbons (Fsp3) is 0. The van der Waals surface area contributed by atoms with Gasteiger partial charge in [-0.05, 0) is 0 Å². The molecular weight excluding hydrogens is 336 g/mol. The summed E-state index contributed by atoms with van der Waals surface area (Å²) in [7, 11) is 0. The van der Waals surface area contributed by atoms with Crippen molar-refractivity contribution in [2.45, 2.75) is 0 Å². The number of hydrogen-bond donors (Lipinski definition) is 3. The normalized spacial score (nSPS) is 10.0. The zero-order valence-electron chi connectivity index (χ0n) is 11.0. The van der Waals surface area contributed by atoms with Crippen molar-refractivity contribution in [3.63, 3.8) is 0 Å². The summed E-state index contributed by atoms with van der Waals surface area (Å²) in [6.45, 7) is 0. The molecule has 12 heteroatoms. The average Bonchev–Trinajstić information content (AvgIpc) is 2.42. The monoisotopic (exact) mass is 339 g/mol. The first kappa shape index (κ1) is 18.1. The molecule has 0 radical (unpaired) electrons. The Morgan fingerprint density at radius 1 is 0.458 bits per heavy atom. The molecular formula is C12H3O12-3. The van der Waals surface area contributed by atoms with Crippen LogP contribution in [0, 0.1) is 0 Å². The lowest BCUT2D eigenvalue weighted by Gasteiger charge is -2.22. The summed E-state index contributed by atoms with van der Waals surface area (Å²) in [5, 5.41) is 60.1. The summed E-state index contributed by atoms with van der Waals surface area (Å²) in [6, 6.07) is 0. The molecule has 126 valence electrons. The highest BCUT2D eigenvalue weighted by atomic mass is 16.4. The number of benzene rings is 1. The van der Waals surface area contributed by atoms with Gasteiger partial charge in [-0.2, -0.15) is 0 Å². The van der Waals surface area contributed by atoms with Gasteiger partial charge in [0.15, 0.2) is 0 Å². The molecule has 0 aliphatic heterocycles. The van der Waals surface area contributed by atoms with Gasteiger partial charge in [0.05, 0.1) is 34.6 Å². The van der Waals surface area contributed by atoms with Crippen molar-refractivity contribution in [1.82, 2.24) is 0 Å². The second kappa shape index (κ2) is 6.04. The van der Waals surface area contributed by atoms with Gasteiger partial charge in [-0.3, -0.25) is 0 Å². The van der Waals surface area contributed by atoms with Crippen LogP contribution in [0.3, 0.4) is 0 Å². The predicted octanol–water partition coefficient (Wildman–Crippen LogP) is -4.13. The van der Waals surface area contributed by atoms with Gasteiger partial charge in [-0.1, -0.05) is 0 Å². The molecule has 1 rings (SSSR count). The highest BCUT2D eigenvalue weighted by Gasteiger charge is 2.34. The van der Waals surface area contributed by atoms with E-state index in [2.05, 4.69) is 0 Å². The molecule has 0 bridgehead atoms. The Labute approximate surface area is 129 Å². The number of rotatable bonds is 6. The van der Waals surface area contributed by atoms with Crippen LogP contribution < -0.4 is 15.3 Å². The Balaban J connectivity index is 4.50. The lowest BCUT2D eigenvalue weighted by Crippen LogP contribution is -2.38. The maximum Gasteiger partial charge on any atom is 0.337 e. The van der Waals surface area contributed by atoms with E-state index in [1.807, 2.05) is 0 Å². The first-order valence-corrected chi connectivity index (χ1v) is 5.51. The van der Waals surface area contributed by atoms with Crippen molar-refractivity contribution < 1.29 is 59.4 Å². The van der Waals surface area contributed by atoms with Crippen LogP contribution in [-0.4, -0.2) is 51.1 Å². The molecule has 1 aromatic rings. The van der Waals surface area contributed by atoms with E-state index < -0.39 is 69.2 Å². The highest BCUT2D eigenvalue weighted by Crippen LogP contribution is 2.29. The van der Waals surface area contributed by atoms with E-state index >= 15 is 0 Å². The minimum Gasteiger partial charge on any atom is -0.545 e. The van der Waals surface area contributed by atoms with Crippen molar-refractivity contribution in [2.24, 2.45) is 0 Å². The van der Waals surface area contributed by atoms with E-state index in [1.165, 1.54) is 0 Å². The Hall–Kier alpha value is -3.96. The van der Waals surface area contributed by atoms with Crippen LogP contribution in [-0.2, 0) is 0 Å². The van der Waals surface area contributed by atoms with Gasteiger partial charge in [-0.25, -0.2) is 14.4 Å². The average molecular weight is 339 g/mol. The van der Waals surface area contributed by atoms with Crippen molar-refractivity contribution in [3.05, 3.63) is 33.4 Å². The molecule has 12 nitrogen and oxygen atoms in total. The van der Waals surface area contributed by atoms with Crippen LogP contribution in [0.4, 0.5) is 0 Å². The van der Waals surface area contributed by atoms with Crippen molar-refractivity contribution >= 4 is 35.8 Å². The SMILES string of the molecule is O=C([O-])c1c(C(=O)O)c(C(=O)[O-])c(C(=O)O)c(C(=O)[O-])c1C(=O)O. The molecule has 0 saturated heterocycles. The lowest BCUT2D eigenvalue weighted by atomic mass is 9.86. The fourth-order valence-corrected chi connectivity index (χ4v) is 2.00. The molecule has 1 aromatic carbocycles. The number of carbonyl (C=O) groups is 6. The maximum atomic E-state index is 11.2. The summed E-state index contributed by atoms with van der Waals surface area (Å²) in [5.41, 5.74) is -11.0. The quantitative estimate of drug-likeness (QED) is 0.448. The standard InChI is InChI=1S/C12H6O12/c13-7(14)1-2(8(15)16)4(10(19)20)6(12(23)24)5(11(21)22)3(1)9(17)18/h(H,13,14)(H,15,16)(H,17,18)(H,19,20)(H,21,22)(H,23,24)/p-3. The fourth-order valence-electron chi connectivity index (χ4n) is 2.00. The highest BCUT2D eigenvalue weighted by molar-refractivity contribution is 6.22. The van der Waals surface area contributed by atoms with Gasteiger partial charge in [0.1, 0.15) is 0 Å². The van der Waals surface area contributed by atoms with Crippen LogP contribution >= 0.6 is 0 Å². The third-order valence-electron chi connectivity index (χ3n) is 2.75. The number of carbonyl (C=O) groups excluding carboxylic acids is 3. The van der Waals surface area contributed by atoms with Crippen molar-refractivity contribution in [3.8, 4) is 0 Å². The van der Waals surface area contributed by atoms with Gasteiger partial charge in [0.2, 0.25) is 0 Å². The number of aromatic carboxylic acids is 6. The molecule has 0 aromatic heterocycles. The second-order valence-corrected chi connectivity index (χ2v) is 4.03. The Bertz CT molecular complexity index is 633. The Morgan fingerprint density at radius 2 is 0.625 bits per heavy atom.